The van der Waals surface area contributed by atoms with Crippen LogP contribution < -0.4 is 0 Å². The second kappa shape index (κ2) is 57.1. The van der Waals surface area contributed by atoms with E-state index in [1.807, 2.05) is 12.2 Å². The highest BCUT2D eigenvalue weighted by atomic mass is 31.2. The van der Waals surface area contributed by atoms with Crippen molar-refractivity contribution in [2.75, 3.05) is 26.4 Å². The fourth-order valence-electron chi connectivity index (χ4n) is 7.45. The summed E-state index contributed by atoms with van der Waals surface area (Å²) in [5.74, 6) is -1.61. The number of ether oxygens (including phenoxy) is 3. The molecule has 2 N–H and O–H groups in total. The maximum absolute atomic E-state index is 12.9. The van der Waals surface area contributed by atoms with E-state index in [1.54, 1.807) is 0 Å². The standard InChI is InChI=1S/C64H105O11P/c1-4-7-10-13-16-19-22-25-27-29-30-32-34-37-40-43-46-49-52-55-64(68)75-61(57-71-62(66)53-50-47-44-41-38-36-33-31-28-26-23-20-17-14-11-8-5-2)59-73-76(69,70)72-58-60(56-65)74-63(67)54-51-48-45-42-39-35-24-21-18-15-12-9-6-3/h7,9-10,12,16,18-19,21,25-28,30,32,35,37,39-40,46,49,60-61,65H,4-6,8,11,13-15,17,20,22-24,29,31,33-34,36,38,41-45,47-48,50-59H2,1-3H3,(H,69,70)/b10-7-,12-9-,19-16-,21-18-,27-25-,28-26-,32-30-,39-35-,40-37-,49-46-. The van der Waals surface area contributed by atoms with Gasteiger partial charge in [0.25, 0.3) is 0 Å². The first kappa shape index (κ1) is 71.9. The van der Waals surface area contributed by atoms with Gasteiger partial charge in [0.05, 0.1) is 19.8 Å². The molecule has 0 saturated carbocycles. The first-order valence-corrected chi connectivity index (χ1v) is 30.9. The molecule has 0 rings (SSSR count). The maximum Gasteiger partial charge on any atom is 0.472 e. The number of carbonyl (C=O) groups excluding carboxylic acids is 3. The fourth-order valence-corrected chi connectivity index (χ4v) is 8.23. The van der Waals surface area contributed by atoms with Gasteiger partial charge in [0, 0.05) is 19.3 Å². The Bertz CT molecular complexity index is 1740. The van der Waals surface area contributed by atoms with Gasteiger partial charge in [-0.1, -0.05) is 213 Å². The lowest BCUT2D eigenvalue weighted by Gasteiger charge is -2.21. The van der Waals surface area contributed by atoms with Crippen LogP contribution in [-0.2, 0) is 42.2 Å². The van der Waals surface area contributed by atoms with E-state index in [0.717, 1.165) is 96.3 Å². The number of hydrogen-bond acceptors (Lipinski definition) is 10. The Morgan fingerprint density at radius 3 is 1.16 bits per heavy atom. The molecule has 432 valence electrons. The number of phosphoric acid groups is 1. The van der Waals surface area contributed by atoms with Crippen LogP contribution in [0.2, 0.25) is 0 Å². The molecule has 0 aliphatic rings. The molecule has 0 aliphatic heterocycles. The highest BCUT2D eigenvalue weighted by Gasteiger charge is 2.28. The second-order valence-electron chi connectivity index (χ2n) is 19.0. The largest absolute Gasteiger partial charge is 0.472 e. The van der Waals surface area contributed by atoms with Crippen LogP contribution in [0.1, 0.15) is 226 Å². The van der Waals surface area contributed by atoms with Gasteiger partial charge >= 0.3 is 25.7 Å². The molecular weight excluding hydrogens is 976 g/mol. The van der Waals surface area contributed by atoms with Crippen LogP contribution in [0.4, 0.5) is 0 Å². The second-order valence-corrected chi connectivity index (χ2v) is 20.5. The van der Waals surface area contributed by atoms with Crippen molar-refractivity contribution in [2.45, 2.75) is 238 Å². The minimum atomic E-state index is -4.78. The number of unbranched alkanes of at least 4 members (excludes halogenated alkanes) is 16. The molecule has 0 fully saturated rings. The summed E-state index contributed by atoms with van der Waals surface area (Å²) in [5, 5.41) is 9.80. The van der Waals surface area contributed by atoms with E-state index < -0.39 is 57.8 Å². The summed E-state index contributed by atoms with van der Waals surface area (Å²) in [5.41, 5.74) is 0. The van der Waals surface area contributed by atoms with E-state index >= 15 is 0 Å². The Morgan fingerprint density at radius 1 is 0.382 bits per heavy atom. The molecule has 12 heteroatoms. The van der Waals surface area contributed by atoms with E-state index in [0.29, 0.717) is 25.7 Å². The molecule has 0 aromatic rings. The Kier molecular flexibility index (Phi) is 54.0. The molecule has 0 radical (unpaired) electrons. The van der Waals surface area contributed by atoms with Gasteiger partial charge in [0.15, 0.2) is 6.10 Å². The van der Waals surface area contributed by atoms with Gasteiger partial charge in [-0.05, 0) is 116 Å². The summed E-state index contributed by atoms with van der Waals surface area (Å²) in [7, 11) is -4.78. The van der Waals surface area contributed by atoms with E-state index in [-0.39, 0.29) is 25.9 Å². The van der Waals surface area contributed by atoms with Crippen LogP contribution in [0.25, 0.3) is 0 Å². The number of allylic oxidation sites excluding steroid dienone is 20. The molecule has 3 unspecified atom stereocenters. The number of aliphatic hydroxyl groups excluding tert-OH is 1. The molecule has 3 atom stereocenters. The predicted molar refractivity (Wildman–Crippen MR) is 316 cm³/mol. The zero-order chi connectivity index (χ0) is 55.5. The van der Waals surface area contributed by atoms with Crippen molar-refractivity contribution in [3.63, 3.8) is 0 Å². The third-order valence-electron chi connectivity index (χ3n) is 11.9. The minimum absolute atomic E-state index is 0.0336. The van der Waals surface area contributed by atoms with Crippen molar-refractivity contribution < 1.29 is 52.2 Å². The van der Waals surface area contributed by atoms with Crippen LogP contribution in [0.3, 0.4) is 0 Å². The number of esters is 3. The lowest BCUT2D eigenvalue weighted by atomic mass is 10.1. The summed E-state index contributed by atoms with van der Waals surface area (Å²) < 4.78 is 39.4. The lowest BCUT2D eigenvalue weighted by molar-refractivity contribution is -0.161. The number of aliphatic hydroxyl groups is 1. The number of carbonyl (C=O) groups is 3. The Hall–Kier alpha value is -4.12. The van der Waals surface area contributed by atoms with Crippen LogP contribution in [0.15, 0.2) is 122 Å². The topological polar surface area (TPSA) is 155 Å². The number of phosphoric ester groups is 1. The highest BCUT2D eigenvalue weighted by molar-refractivity contribution is 7.47. The van der Waals surface area contributed by atoms with Crippen molar-refractivity contribution in [3.05, 3.63) is 122 Å². The van der Waals surface area contributed by atoms with E-state index in [1.165, 1.54) is 64.2 Å². The molecule has 0 aromatic heterocycles. The average Bonchev–Trinajstić information content (AvgIpc) is 3.41. The first-order valence-electron chi connectivity index (χ1n) is 29.4. The fraction of sp³-hybridized carbons (Fsp3) is 0.641. The van der Waals surface area contributed by atoms with Crippen LogP contribution in [-0.4, -0.2) is 66.5 Å². The highest BCUT2D eigenvalue weighted by Crippen LogP contribution is 2.43. The average molecular weight is 1080 g/mol. The van der Waals surface area contributed by atoms with Gasteiger partial charge in [-0.25, -0.2) is 4.57 Å². The van der Waals surface area contributed by atoms with Gasteiger partial charge in [-0.15, -0.1) is 0 Å². The van der Waals surface area contributed by atoms with Crippen molar-refractivity contribution >= 4 is 25.7 Å². The number of rotatable bonds is 53. The molecule has 0 heterocycles. The molecule has 0 aromatic carbocycles. The molecule has 0 amide bonds. The lowest BCUT2D eigenvalue weighted by Crippen LogP contribution is -2.30. The third kappa shape index (κ3) is 54.7. The normalized spacial score (nSPS) is 14.2. The zero-order valence-electron chi connectivity index (χ0n) is 47.7. The van der Waals surface area contributed by atoms with Crippen molar-refractivity contribution in [2.24, 2.45) is 0 Å². The number of hydrogen-bond donors (Lipinski definition) is 2. The Morgan fingerprint density at radius 2 is 0.711 bits per heavy atom. The van der Waals surface area contributed by atoms with Crippen LogP contribution in [0, 0.1) is 0 Å². The van der Waals surface area contributed by atoms with Crippen molar-refractivity contribution in [3.8, 4) is 0 Å². The van der Waals surface area contributed by atoms with E-state index in [2.05, 4.69) is 130 Å². The van der Waals surface area contributed by atoms with Crippen LogP contribution in [0.5, 0.6) is 0 Å². The summed E-state index contributed by atoms with van der Waals surface area (Å²) in [6, 6.07) is 0. The SMILES string of the molecule is CC/C=C\C/C=C\C/C=C\C/C=C\C/C=C\C/C=C\CCC(=O)OC(COC(=O)CCCCCCCCC/C=C\CCCCCCCC)COP(=O)(O)OCC(CO)OC(=O)CCCCC/C=C\C/C=C\C/C=C\CC. The monoisotopic (exact) mass is 1080 g/mol. The van der Waals surface area contributed by atoms with Gasteiger partial charge in [0.2, 0.25) is 0 Å². The molecule has 11 nitrogen and oxygen atoms in total. The smallest absolute Gasteiger partial charge is 0.462 e. The quantitative estimate of drug-likeness (QED) is 0.0197. The molecule has 0 spiro atoms. The van der Waals surface area contributed by atoms with Crippen LogP contribution >= 0.6 is 7.82 Å². The Balaban J connectivity index is 4.88. The predicted octanol–water partition coefficient (Wildman–Crippen LogP) is 17.6. The summed E-state index contributed by atoms with van der Waals surface area (Å²) in [6.45, 7) is 4.28. The van der Waals surface area contributed by atoms with Gasteiger partial charge in [-0.3, -0.25) is 23.4 Å². The molecule has 0 bridgehead atoms. The molecule has 0 saturated heterocycles. The van der Waals surface area contributed by atoms with E-state index in [4.69, 9.17) is 23.3 Å². The van der Waals surface area contributed by atoms with Gasteiger partial charge in [-0.2, -0.15) is 0 Å². The molecular formula is C64H105O11P. The first-order chi connectivity index (χ1) is 37.2. The third-order valence-corrected chi connectivity index (χ3v) is 12.8. The Labute approximate surface area is 462 Å². The van der Waals surface area contributed by atoms with E-state index in [9.17, 15) is 28.9 Å². The summed E-state index contributed by atoms with van der Waals surface area (Å²) in [6.07, 6.45) is 70.3. The van der Waals surface area contributed by atoms with Gasteiger partial charge in [0.1, 0.15) is 12.7 Å². The zero-order valence-corrected chi connectivity index (χ0v) is 48.6. The maximum atomic E-state index is 12.9. The summed E-state index contributed by atoms with van der Waals surface area (Å²) >= 11 is 0. The van der Waals surface area contributed by atoms with Crippen molar-refractivity contribution in [1.29, 1.82) is 0 Å². The van der Waals surface area contributed by atoms with Gasteiger partial charge < -0.3 is 24.2 Å². The molecule has 76 heavy (non-hydrogen) atoms. The molecule has 0 aliphatic carbocycles. The summed E-state index contributed by atoms with van der Waals surface area (Å²) in [4.78, 5) is 48.5. The minimum Gasteiger partial charge on any atom is -0.462 e. The van der Waals surface area contributed by atoms with Crippen molar-refractivity contribution in [1.82, 2.24) is 0 Å².